The second-order valence-electron chi connectivity index (χ2n) is 5.68. The van der Waals surface area contributed by atoms with Crippen molar-refractivity contribution in [2.45, 2.75) is 26.1 Å². The predicted octanol–water partition coefficient (Wildman–Crippen LogP) is 3.67. The minimum Gasteiger partial charge on any atom is -0.497 e. The van der Waals surface area contributed by atoms with E-state index in [2.05, 4.69) is 5.32 Å². The zero-order chi connectivity index (χ0) is 15.7. The van der Waals surface area contributed by atoms with Crippen LogP contribution >= 0.6 is 0 Å². The van der Waals surface area contributed by atoms with Crippen molar-refractivity contribution in [3.8, 4) is 5.75 Å². The minimum atomic E-state index is -0.197. The van der Waals surface area contributed by atoms with Crippen LogP contribution in [0.2, 0.25) is 0 Å². The summed E-state index contributed by atoms with van der Waals surface area (Å²) < 4.78 is 5.31. The van der Waals surface area contributed by atoms with Crippen LogP contribution < -0.4 is 10.1 Å². The van der Waals surface area contributed by atoms with Crippen molar-refractivity contribution in [2.24, 2.45) is 0 Å². The molecule has 2 aromatic rings. The van der Waals surface area contributed by atoms with Crippen LogP contribution in [0, 0.1) is 0 Å². The molecule has 0 bridgehead atoms. The number of nitrogens with one attached hydrogen (secondary N) is 1. The Bertz CT molecular complexity index is 697. The Morgan fingerprint density at radius 1 is 1.14 bits per heavy atom. The fourth-order valence-corrected chi connectivity index (χ4v) is 2.86. The van der Waals surface area contributed by atoms with Crippen molar-refractivity contribution in [3.63, 3.8) is 0 Å². The van der Waals surface area contributed by atoms with Crippen LogP contribution in [0.15, 0.2) is 48.5 Å². The molecule has 4 nitrogen and oxygen atoms in total. The van der Waals surface area contributed by atoms with Gasteiger partial charge in [0, 0.05) is 11.7 Å². The molecule has 0 aliphatic carbocycles. The Morgan fingerprint density at radius 3 is 2.64 bits per heavy atom. The van der Waals surface area contributed by atoms with E-state index in [0.29, 0.717) is 0 Å². The van der Waals surface area contributed by atoms with Gasteiger partial charge in [0.25, 0.3) is 5.91 Å². The Labute approximate surface area is 130 Å². The summed E-state index contributed by atoms with van der Waals surface area (Å²) >= 11 is 0. The molecule has 1 N–H and O–H groups in total. The van der Waals surface area contributed by atoms with Gasteiger partial charge in [0.2, 0.25) is 0 Å². The fourth-order valence-electron chi connectivity index (χ4n) is 2.86. The van der Waals surface area contributed by atoms with Gasteiger partial charge >= 0.3 is 0 Å². The first-order valence-electron chi connectivity index (χ1n) is 7.44. The third kappa shape index (κ3) is 2.41. The highest BCUT2D eigenvalue weighted by Crippen LogP contribution is 2.35. The molecule has 3 rings (SSSR count). The molecule has 4 heteroatoms. The SMILES string of the molecule is COc1cccc([C@H]2Nc3ccccc3C(=O)N2C(C)C)c1. The van der Waals surface area contributed by atoms with Crippen molar-refractivity contribution in [1.82, 2.24) is 4.90 Å². The number of benzene rings is 2. The second-order valence-corrected chi connectivity index (χ2v) is 5.68. The topological polar surface area (TPSA) is 41.6 Å². The predicted molar refractivity (Wildman–Crippen MR) is 87.1 cm³/mol. The summed E-state index contributed by atoms with van der Waals surface area (Å²) in [5.41, 5.74) is 2.60. The summed E-state index contributed by atoms with van der Waals surface area (Å²) in [4.78, 5) is 14.7. The Kier molecular flexibility index (Phi) is 3.75. The van der Waals surface area contributed by atoms with E-state index in [0.717, 1.165) is 22.6 Å². The number of amides is 1. The molecule has 0 unspecified atom stereocenters. The van der Waals surface area contributed by atoms with Crippen LogP contribution in [0.5, 0.6) is 5.75 Å². The van der Waals surface area contributed by atoms with E-state index in [9.17, 15) is 4.79 Å². The molecule has 0 radical (unpaired) electrons. The lowest BCUT2D eigenvalue weighted by Crippen LogP contribution is -2.46. The first-order chi connectivity index (χ1) is 10.6. The van der Waals surface area contributed by atoms with Crippen LogP contribution in [0.1, 0.15) is 35.9 Å². The molecule has 1 heterocycles. The maximum absolute atomic E-state index is 12.9. The van der Waals surface area contributed by atoms with Gasteiger partial charge in [0.15, 0.2) is 0 Å². The van der Waals surface area contributed by atoms with Crippen LogP contribution in [0.4, 0.5) is 5.69 Å². The Hall–Kier alpha value is -2.49. The fraction of sp³-hybridized carbons (Fsp3) is 0.278. The molecule has 0 saturated heterocycles. The van der Waals surface area contributed by atoms with Crippen LogP contribution in [0.25, 0.3) is 0 Å². The molecular weight excluding hydrogens is 276 g/mol. The quantitative estimate of drug-likeness (QED) is 0.939. The van der Waals surface area contributed by atoms with E-state index < -0.39 is 0 Å². The van der Waals surface area contributed by atoms with Crippen LogP contribution in [0.3, 0.4) is 0 Å². The molecule has 0 aromatic heterocycles. The molecule has 1 amide bonds. The lowest BCUT2D eigenvalue weighted by Gasteiger charge is -2.40. The molecule has 22 heavy (non-hydrogen) atoms. The summed E-state index contributed by atoms with van der Waals surface area (Å²) in [6.45, 7) is 4.06. The summed E-state index contributed by atoms with van der Waals surface area (Å²) in [5.74, 6) is 0.839. The molecule has 1 aliphatic heterocycles. The van der Waals surface area contributed by atoms with E-state index in [1.807, 2.05) is 67.3 Å². The number of anilines is 1. The van der Waals surface area contributed by atoms with Gasteiger partial charge in [-0.2, -0.15) is 0 Å². The lowest BCUT2D eigenvalue weighted by atomic mass is 10.0. The van der Waals surface area contributed by atoms with Crippen molar-refractivity contribution >= 4 is 11.6 Å². The van der Waals surface area contributed by atoms with Gasteiger partial charge in [-0.15, -0.1) is 0 Å². The first-order valence-corrected chi connectivity index (χ1v) is 7.44. The zero-order valence-corrected chi connectivity index (χ0v) is 13.0. The van der Waals surface area contributed by atoms with Gasteiger partial charge in [-0.05, 0) is 43.7 Å². The normalized spacial score (nSPS) is 17.2. The van der Waals surface area contributed by atoms with E-state index in [4.69, 9.17) is 4.74 Å². The summed E-state index contributed by atoms with van der Waals surface area (Å²) in [5, 5.41) is 3.48. The maximum Gasteiger partial charge on any atom is 0.258 e. The minimum absolute atomic E-state index is 0.0529. The number of carbonyl (C=O) groups is 1. The molecule has 114 valence electrons. The second kappa shape index (κ2) is 5.72. The number of hydrogen-bond donors (Lipinski definition) is 1. The van der Waals surface area contributed by atoms with Crippen molar-refractivity contribution in [2.75, 3.05) is 12.4 Å². The average Bonchev–Trinajstić information content (AvgIpc) is 2.54. The Morgan fingerprint density at radius 2 is 1.91 bits per heavy atom. The van der Waals surface area contributed by atoms with Crippen molar-refractivity contribution < 1.29 is 9.53 Å². The number of ether oxygens (including phenoxy) is 1. The standard InChI is InChI=1S/C18H20N2O2/c1-12(2)20-17(13-7-6-8-14(11-13)22-3)19-16-10-5-4-9-15(16)18(20)21/h4-12,17,19H,1-3H3/t17-/m0/s1. The van der Waals surface area contributed by atoms with Gasteiger partial charge in [-0.25, -0.2) is 0 Å². The highest BCUT2D eigenvalue weighted by atomic mass is 16.5. The molecule has 1 aliphatic rings. The van der Waals surface area contributed by atoms with Crippen molar-refractivity contribution in [3.05, 3.63) is 59.7 Å². The number of nitrogens with zero attached hydrogens (tertiary/aromatic N) is 1. The number of fused-ring (bicyclic) bond motifs is 1. The monoisotopic (exact) mass is 296 g/mol. The maximum atomic E-state index is 12.9. The summed E-state index contributed by atoms with van der Waals surface area (Å²) in [7, 11) is 1.65. The highest BCUT2D eigenvalue weighted by Gasteiger charge is 2.34. The molecular formula is C18H20N2O2. The molecule has 0 saturated carbocycles. The third-order valence-electron chi connectivity index (χ3n) is 3.93. The van der Waals surface area contributed by atoms with Gasteiger partial charge in [0.1, 0.15) is 11.9 Å². The molecule has 0 fully saturated rings. The van der Waals surface area contributed by atoms with E-state index in [1.54, 1.807) is 7.11 Å². The van der Waals surface area contributed by atoms with Crippen molar-refractivity contribution in [1.29, 1.82) is 0 Å². The Balaban J connectivity index is 2.07. The smallest absolute Gasteiger partial charge is 0.258 e. The number of hydrogen-bond acceptors (Lipinski definition) is 3. The largest absolute Gasteiger partial charge is 0.497 e. The highest BCUT2D eigenvalue weighted by molar-refractivity contribution is 6.01. The number of para-hydroxylation sites is 1. The summed E-state index contributed by atoms with van der Waals surface area (Å²) in [6, 6.07) is 15.5. The number of carbonyl (C=O) groups excluding carboxylic acids is 1. The lowest BCUT2D eigenvalue weighted by molar-refractivity contribution is 0.0616. The third-order valence-corrected chi connectivity index (χ3v) is 3.93. The average molecular weight is 296 g/mol. The van der Waals surface area contributed by atoms with E-state index in [-0.39, 0.29) is 18.1 Å². The van der Waals surface area contributed by atoms with Gasteiger partial charge in [-0.3, -0.25) is 4.79 Å². The zero-order valence-electron chi connectivity index (χ0n) is 13.0. The first kappa shape index (κ1) is 14.4. The molecule has 1 atom stereocenters. The summed E-state index contributed by atoms with van der Waals surface area (Å²) in [6.07, 6.45) is -0.197. The van der Waals surface area contributed by atoms with Crippen LogP contribution in [-0.4, -0.2) is 24.0 Å². The molecule has 2 aromatic carbocycles. The van der Waals surface area contributed by atoms with E-state index in [1.165, 1.54) is 0 Å². The van der Waals surface area contributed by atoms with Gasteiger partial charge in [0.05, 0.1) is 12.7 Å². The molecule has 0 spiro atoms. The number of rotatable bonds is 3. The van der Waals surface area contributed by atoms with Gasteiger partial charge in [-0.1, -0.05) is 24.3 Å². The number of methoxy groups -OCH3 is 1. The van der Waals surface area contributed by atoms with Gasteiger partial charge < -0.3 is 15.0 Å². The van der Waals surface area contributed by atoms with E-state index >= 15 is 0 Å². The van der Waals surface area contributed by atoms with Crippen LogP contribution in [-0.2, 0) is 0 Å².